The van der Waals surface area contributed by atoms with E-state index in [0.29, 0.717) is 24.6 Å². The van der Waals surface area contributed by atoms with Crippen molar-refractivity contribution in [3.63, 3.8) is 0 Å². The van der Waals surface area contributed by atoms with Crippen molar-refractivity contribution in [2.24, 2.45) is 0 Å². The molecular weight excluding hydrogens is 717 g/mol. The minimum atomic E-state index is -0.128. The Hall–Kier alpha value is -5.83. The summed E-state index contributed by atoms with van der Waals surface area (Å²) in [5, 5.41) is 25.3. The highest BCUT2D eigenvalue weighted by atomic mass is 16.5. The van der Waals surface area contributed by atoms with Crippen molar-refractivity contribution < 1.29 is 4.52 Å². The summed E-state index contributed by atoms with van der Waals surface area (Å²) in [4.78, 5) is 4.81. The molecule has 58 heavy (non-hydrogen) atoms. The van der Waals surface area contributed by atoms with Crippen LogP contribution in [0.15, 0.2) is 96.7 Å². The Morgan fingerprint density at radius 2 is 1.43 bits per heavy atom. The van der Waals surface area contributed by atoms with Crippen LogP contribution in [0, 0.1) is 13.8 Å². The van der Waals surface area contributed by atoms with Gasteiger partial charge in [-0.1, -0.05) is 126 Å². The number of allylic oxidation sites excluding steroid dienone is 2. The van der Waals surface area contributed by atoms with Crippen LogP contribution in [-0.4, -0.2) is 41.2 Å². The molecular formula is C49H54N8O. The highest BCUT2D eigenvalue weighted by molar-refractivity contribution is 5.81. The number of aromatic nitrogens is 8. The predicted molar refractivity (Wildman–Crippen MR) is 230 cm³/mol. The maximum absolute atomic E-state index is 5.13. The molecule has 0 aliphatic heterocycles. The third-order valence-electron chi connectivity index (χ3n) is 13.3. The largest absolute Gasteiger partial charge is 0.320 e. The molecule has 9 nitrogen and oxygen atoms in total. The molecule has 0 amide bonds. The maximum atomic E-state index is 5.13. The fourth-order valence-corrected chi connectivity index (χ4v) is 9.23. The molecule has 2 atom stereocenters. The first kappa shape index (κ1) is 39.0. The number of tetrazole rings is 1. The van der Waals surface area contributed by atoms with Gasteiger partial charge in [0.05, 0.1) is 17.4 Å². The van der Waals surface area contributed by atoms with Gasteiger partial charge >= 0.3 is 0 Å². The number of hydrogen-bond acceptors (Lipinski definition) is 8. The third-order valence-corrected chi connectivity index (χ3v) is 13.3. The molecule has 3 heterocycles. The second-order valence-corrected chi connectivity index (χ2v) is 18.5. The average molecular weight is 771 g/mol. The normalized spacial score (nSPS) is 20.3. The quantitative estimate of drug-likeness (QED) is 0.129. The molecule has 0 saturated heterocycles. The van der Waals surface area contributed by atoms with E-state index < -0.39 is 0 Å². The maximum Gasteiger partial charge on any atom is 0.252 e. The smallest absolute Gasteiger partial charge is 0.252 e. The summed E-state index contributed by atoms with van der Waals surface area (Å²) in [6.07, 6.45) is 12.3. The van der Waals surface area contributed by atoms with Gasteiger partial charge < -0.3 is 4.52 Å². The molecule has 2 aliphatic carbocycles. The van der Waals surface area contributed by atoms with E-state index in [1.807, 2.05) is 12.3 Å². The molecule has 6 aromatic rings. The van der Waals surface area contributed by atoms with E-state index in [1.165, 1.54) is 38.9 Å². The lowest BCUT2D eigenvalue weighted by atomic mass is 9.58. The van der Waals surface area contributed by atoms with Gasteiger partial charge in [-0.25, -0.2) is 0 Å². The van der Waals surface area contributed by atoms with Crippen LogP contribution in [0.2, 0.25) is 0 Å². The van der Waals surface area contributed by atoms with Crippen molar-refractivity contribution in [2.75, 3.05) is 0 Å². The highest BCUT2D eigenvalue weighted by Crippen LogP contribution is 2.52. The number of nitrogens with zero attached hydrogens (tertiary/aromatic N) is 7. The molecule has 0 saturated carbocycles. The molecule has 0 bridgehead atoms. The molecule has 0 fully saturated rings. The molecule has 2 unspecified atom stereocenters. The molecule has 1 N–H and O–H groups in total. The molecule has 0 radical (unpaired) electrons. The summed E-state index contributed by atoms with van der Waals surface area (Å²) in [6, 6.07) is 22.4. The molecule has 2 aliphatic rings. The van der Waals surface area contributed by atoms with Crippen molar-refractivity contribution in [3.05, 3.63) is 171 Å². The SMILES string of the molecule is C=C(c1ccc(Cc2nnno2)cc1)c1cc2c(cc1C)C(C)(C)CCC2(C)CCC1(C)C=CC(C)(C)c2cc(C(=C)c3ccc(Cc4nn[nH]n4)cn3)c(C)cc21. The van der Waals surface area contributed by atoms with Gasteiger partial charge in [0.15, 0.2) is 5.82 Å². The van der Waals surface area contributed by atoms with E-state index in [0.717, 1.165) is 64.8 Å². The van der Waals surface area contributed by atoms with Crippen LogP contribution in [0.3, 0.4) is 0 Å². The number of aryl methyl sites for hydroxylation is 2. The van der Waals surface area contributed by atoms with Crippen LogP contribution in [0.5, 0.6) is 0 Å². The van der Waals surface area contributed by atoms with E-state index in [2.05, 4.69) is 172 Å². The van der Waals surface area contributed by atoms with Gasteiger partial charge in [-0.2, -0.15) is 5.21 Å². The summed E-state index contributed by atoms with van der Waals surface area (Å²) < 4.78 is 5.13. The van der Waals surface area contributed by atoms with Gasteiger partial charge in [-0.3, -0.25) is 4.98 Å². The zero-order valence-electron chi connectivity index (χ0n) is 35.2. The van der Waals surface area contributed by atoms with Gasteiger partial charge in [-0.05, 0) is 134 Å². The molecule has 3 aromatic carbocycles. The Labute approximate surface area is 342 Å². The summed E-state index contributed by atoms with van der Waals surface area (Å²) >= 11 is 0. The zero-order chi connectivity index (χ0) is 41.0. The van der Waals surface area contributed by atoms with Crippen molar-refractivity contribution in [1.29, 1.82) is 0 Å². The Kier molecular flexibility index (Phi) is 9.77. The van der Waals surface area contributed by atoms with E-state index in [9.17, 15) is 0 Å². The van der Waals surface area contributed by atoms with E-state index in [1.54, 1.807) is 0 Å². The number of H-pyrrole nitrogens is 1. The minimum Gasteiger partial charge on any atom is -0.320 e. The second-order valence-electron chi connectivity index (χ2n) is 18.5. The predicted octanol–water partition coefficient (Wildman–Crippen LogP) is 10.2. The first-order valence-electron chi connectivity index (χ1n) is 20.4. The van der Waals surface area contributed by atoms with Gasteiger partial charge in [0.2, 0.25) is 0 Å². The molecule has 8 rings (SSSR count). The summed E-state index contributed by atoms with van der Waals surface area (Å²) in [5.74, 6) is 1.15. The van der Waals surface area contributed by atoms with Crippen molar-refractivity contribution in [3.8, 4) is 0 Å². The average Bonchev–Trinajstić information content (AvgIpc) is 3.93. The van der Waals surface area contributed by atoms with Gasteiger partial charge in [0, 0.05) is 29.0 Å². The number of aromatic amines is 1. The lowest BCUT2D eigenvalue weighted by Crippen LogP contribution is -2.38. The van der Waals surface area contributed by atoms with Gasteiger partial charge in [-0.15, -0.1) is 10.2 Å². The lowest BCUT2D eigenvalue weighted by Gasteiger charge is -2.46. The number of rotatable bonds is 11. The zero-order valence-corrected chi connectivity index (χ0v) is 35.2. The lowest BCUT2D eigenvalue weighted by molar-refractivity contribution is 0.276. The number of nitrogens with one attached hydrogen (secondary N) is 1. The molecule has 9 heteroatoms. The first-order chi connectivity index (χ1) is 27.6. The summed E-state index contributed by atoms with van der Waals surface area (Å²) in [7, 11) is 0. The minimum absolute atomic E-state index is 0.00434. The Bertz CT molecular complexity index is 2530. The Morgan fingerprint density at radius 1 is 0.724 bits per heavy atom. The van der Waals surface area contributed by atoms with Crippen molar-refractivity contribution in [1.82, 2.24) is 41.2 Å². The third kappa shape index (κ3) is 7.27. The molecule has 296 valence electrons. The summed E-state index contributed by atoms with van der Waals surface area (Å²) in [5.41, 5.74) is 16.4. The van der Waals surface area contributed by atoms with Crippen molar-refractivity contribution >= 4 is 11.1 Å². The number of hydrogen-bond donors (Lipinski definition) is 1. The van der Waals surface area contributed by atoms with E-state index in [4.69, 9.17) is 9.51 Å². The Morgan fingerprint density at radius 3 is 2.10 bits per heavy atom. The monoisotopic (exact) mass is 770 g/mol. The number of fused-ring (bicyclic) bond motifs is 2. The van der Waals surface area contributed by atoms with E-state index in [-0.39, 0.29) is 21.7 Å². The van der Waals surface area contributed by atoms with Crippen LogP contribution in [0.4, 0.5) is 0 Å². The van der Waals surface area contributed by atoms with Gasteiger partial charge in [0.1, 0.15) is 0 Å². The van der Waals surface area contributed by atoms with Gasteiger partial charge in [0.25, 0.3) is 5.89 Å². The number of benzene rings is 3. The number of pyridine rings is 1. The van der Waals surface area contributed by atoms with Crippen LogP contribution in [0.1, 0.15) is 146 Å². The fourth-order valence-electron chi connectivity index (χ4n) is 9.23. The topological polar surface area (TPSA) is 119 Å². The summed E-state index contributed by atoms with van der Waals surface area (Å²) in [6.45, 7) is 28.1. The van der Waals surface area contributed by atoms with Crippen LogP contribution in [-0.2, 0) is 34.5 Å². The first-order valence-corrected chi connectivity index (χ1v) is 20.4. The van der Waals surface area contributed by atoms with E-state index >= 15 is 0 Å². The fraction of sp³-hybridized carbons (Fsp3) is 0.367. The standard InChI is InChI=1S/C49H54N8O/c1-30-23-39-42(28-37(30)32(3)36-14-11-34(12-15-36)26-45-53-56-57-58-45)49(10,20-17-46(39,5)6)22-21-48(9)19-18-47(7,8)40-27-38(31(2)24-41(40)48)33(4)43-16-13-35(29-50-43)25-44-51-54-55-52-44/h11-16,18-19,23-24,27-29H,3-4,17,20-22,25-26H2,1-2,5-10H3,(H,51,52,54,55). The second kappa shape index (κ2) is 14.5. The molecule has 3 aromatic heterocycles. The van der Waals surface area contributed by atoms with Crippen LogP contribution in [0.25, 0.3) is 11.1 Å². The highest BCUT2D eigenvalue weighted by Gasteiger charge is 2.43. The Balaban J connectivity index is 1.07. The van der Waals surface area contributed by atoms with Crippen LogP contribution < -0.4 is 0 Å². The molecule has 0 spiro atoms. The van der Waals surface area contributed by atoms with Crippen molar-refractivity contribution in [2.45, 2.75) is 116 Å². The van der Waals surface area contributed by atoms with Crippen LogP contribution >= 0.6 is 0 Å².